The molecule has 3 heterocycles. The van der Waals surface area contributed by atoms with Crippen molar-refractivity contribution in [2.45, 2.75) is 25.1 Å². The summed E-state index contributed by atoms with van der Waals surface area (Å²) in [4.78, 5) is 22.6. The van der Waals surface area contributed by atoms with Crippen LogP contribution in [-0.4, -0.2) is 32.5 Å². The highest BCUT2D eigenvalue weighted by Gasteiger charge is 2.35. The summed E-state index contributed by atoms with van der Waals surface area (Å²) < 4.78 is 44.1. The summed E-state index contributed by atoms with van der Waals surface area (Å²) in [5, 5.41) is 3.81. The Morgan fingerprint density at radius 1 is 1.18 bits per heavy atom. The fourth-order valence-electron chi connectivity index (χ4n) is 3.23. The highest BCUT2D eigenvalue weighted by Crippen LogP contribution is 2.34. The molecule has 4 rings (SSSR count). The topological polar surface area (TPSA) is 72.1 Å². The van der Waals surface area contributed by atoms with Crippen LogP contribution >= 0.6 is 0 Å². The van der Waals surface area contributed by atoms with Crippen LogP contribution in [0.2, 0.25) is 0 Å². The number of likely N-dealkylation sites (tertiary alicyclic amines) is 1. The first-order valence-electron chi connectivity index (χ1n) is 8.67. The lowest BCUT2D eigenvalue weighted by atomic mass is 10.1. The predicted molar refractivity (Wildman–Crippen MR) is 92.0 cm³/mol. The summed E-state index contributed by atoms with van der Waals surface area (Å²) in [5.41, 5.74) is -0.276. The number of nitrogens with zero attached hydrogens (tertiary/aromatic N) is 4. The van der Waals surface area contributed by atoms with Gasteiger partial charge in [0.1, 0.15) is 11.7 Å². The maximum Gasteiger partial charge on any atom is 0.416 e. The van der Waals surface area contributed by atoms with E-state index in [9.17, 15) is 18.0 Å². The number of halogens is 3. The molecule has 28 heavy (non-hydrogen) atoms. The van der Waals surface area contributed by atoms with Gasteiger partial charge < -0.3 is 9.42 Å². The van der Waals surface area contributed by atoms with Gasteiger partial charge in [0.2, 0.25) is 11.7 Å². The predicted octanol–water partition coefficient (Wildman–Crippen LogP) is 4.13. The lowest BCUT2D eigenvalue weighted by molar-refractivity contribution is -0.137. The smallest absolute Gasteiger partial charge is 0.337 e. The van der Waals surface area contributed by atoms with Crippen molar-refractivity contribution < 1.29 is 22.5 Å². The molecule has 144 valence electrons. The van der Waals surface area contributed by atoms with Gasteiger partial charge in [-0.3, -0.25) is 9.78 Å². The molecule has 0 spiro atoms. The SMILES string of the molecule is O=C(c1ccccn1)N1CCC[C@@H]1c1nc(-c2cccc(C(F)(F)F)c2)no1. The summed E-state index contributed by atoms with van der Waals surface area (Å²) in [7, 11) is 0. The number of alkyl halides is 3. The Bertz CT molecular complexity index is 988. The van der Waals surface area contributed by atoms with Crippen molar-refractivity contribution in [2.24, 2.45) is 0 Å². The molecule has 1 atom stereocenters. The average Bonchev–Trinajstić information content (AvgIpc) is 3.37. The lowest BCUT2D eigenvalue weighted by Gasteiger charge is -2.21. The van der Waals surface area contributed by atoms with E-state index in [1.54, 1.807) is 23.1 Å². The van der Waals surface area contributed by atoms with E-state index in [1.165, 1.54) is 18.3 Å². The number of hydrogen-bond acceptors (Lipinski definition) is 5. The van der Waals surface area contributed by atoms with Gasteiger partial charge in [-0.2, -0.15) is 18.2 Å². The van der Waals surface area contributed by atoms with E-state index in [4.69, 9.17) is 4.52 Å². The van der Waals surface area contributed by atoms with Crippen LogP contribution in [-0.2, 0) is 6.18 Å². The van der Waals surface area contributed by atoms with Crippen molar-refractivity contribution in [1.29, 1.82) is 0 Å². The Balaban J connectivity index is 1.60. The first kappa shape index (κ1) is 18.1. The third-order valence-corrected chi connectivity index (χ3v) is 4.57. The van der Waals surface area contributed by atoms with Crippen molar-refractivity contribution in [3.8, 4) is 11.4 Å². The largest absolute Gasteiger partial charge is 0.416 e. The Labute approximate surface area is 158 Å². The fourth-order valence-corrected chi connectivity index (χ4v) is 3.23. The minimum atomic E-state index is -4.46. The van der Waals surface area contributed by atoms with Crippen LogP contribution in [0.5, 0.6) is 0 Å². The highest BCUT2D eigenvalue weighted by molar-refractivity contribution is 5.92. The molecule has 2 aromatic heterocycles. The van der Waals surface area contributed by atoms with Gasteiger partial charge in [-0.05, 0) is 37.1 Å². The molecular formula is C19H15F3N4O2. The van der Waals surface area contributed by atoms with Gasteiger partial charge >= 0.3 is 6.18 Å². The van der Waals surface area contributed by atoms with Crippen LogP contribution in [0.25, 0.3) is 11.4 Å². The standard InChI is InChI=1S/C19H15F3N4O2/c20-19(21,22)13-6-3-5-12(11-13)16-24-17(28-25-16)15-8-4-10-26(15)18(27)14-7-1-2-9-23-14/h1-3,5-7,9,11,15H,4,8,10H2/t15-/m1/s1. The minimum absolute atomic E-state index is 0.0539. The Morgan fingerprint density at radius 3 is 2.79 bits per heavy atom. The molecular weight excluding hydrogens is 373 g/mol. The molecule has 1 aliphatic rings. The van der Waals surface area contributed by atoms with Gasteiger partial charge in [0.25, 0.3) is 5.91 Å². The number of carbonyl (C=O) groups is 1. The summed E-state index contributed by atoms with van der Waals surface area (Å²) in [5.74, 6) is 0.00865. The van der Waals surface area contributed by atoms with Crippen LogP contribution in [0.1, 0.15) is 40.8 Å². The molecule has 0 saturated carbocycles. The van der Waals surface area contributed by atoms with Gasteiger partial charge in [0, 0.05) is 18.3 Å². The molecule has 1 fully saturated rings. The van der Waals surface area contributed by atoms with Crippen LogP contribution in [0.15, 0.2) is 53.2 Å². The molecule has 0 radical (unpaired) electrons. The molecule has 3 aromatic rings. The van der Waals surface area contributed by atoms with Crippen LogP contribution in [0, 0.1) is 0 Å². The quantitative estimate of drug-likeness (QED) is 0.675. The molecule has 1 saturated heterocycles. The highest BCUT2D eigenvalue weighted by atomic mass is 19.4. The number of pyridine rings is 1. The van der Waals surface area contributed by atoms with Crippen LogP contribution in [0.3, 0.4) is 0 Å². The summed E-state index contributed by atoms with van der Waals surface area (Å²) in [6.45, 7) is 0.515. The molecule has 6 nitrogen and oxygen atoms in total. The molecule has 1 aromatic carbocycles. The molecule has 0 N–H and O–H groups in total. The Hall–Kier alpha value is -3.23. The lowest BCUT2D eigenvalue weighted by Crippen LogP contribution is -2.31. The van der Waals surface area contributed by atoms with E-state index in [1.807, 2.05) is 0 Å². The third-order valence-electron chi connectivity index (χ3n) is 4.57. The number of aromatic nitrogens is 3. The van der Waals surface area contributed by atoms with Gasteiger partial charge in [0.05, 0.1) is 5.56 Å². The number of hydrogen-bond donors (Lipinski definition) is 0. The summed E-state index contributed by atoms with van der Waals surface area (Å²) in [6.07, 6.45) is -1.54. The van der Waals surface area contributed by atoms with E-state index >= 15 is 0 Å². The second-order valence-corrected chi connectivity index (χ2v) is 6.41. The number of benzene rings is 1. The van der Waals surface area contributed by atoms with Gasteiger partial charge in [0.15, 0.2) is 0 Å². The van der Waals surface area contributed by atoms with E-state index < -0.39 is 17.8 Å². The fraction of sp³-hybridized carbons (Fsp3) is 0.263. The normalized spacial score (nSPS) is 17.1. The summed E-state index contributed by atoms with van der Waals surface area (Å²) >= 11 is 0. The van der Waals surface area contributed by atoms with E-state index in [2.05, 4.69) is 15.1 Å². The molecule has 9 heteroatoms. The first-order valence-corrected chi connectivity index (χ1v) is 8.67. The average molecular weight is 388 g/mol. The number of carbonyl (C=O) groups excluding carboxylic acids is 1. The molecule has 0 unspecified atom stereocenters. The molecule has 1 aliphatic heterocycles. The maximum absolute atomic E-state index is 12.9. The van der Waals surface area contributed by atoms with E-state index in [-0.39, 0.29) is 23.2 Å². The van der Waals surface area contributed by atoms with Crippen molar-refractivity contribution in [3.63, 3.8) is 0 Å². The van der Waals surface area contributed by atoms with Crippen LogP contribution < -0.4 is 0 Å². The Morgan fingerprint density at radius 2 is 2.04 bits per heavy atom. The third kappa shape index (κ3) is 3.47. The Kier molecular flexibility index (Phi) is 4.58. The van der Waals surface area contributed by atoms with Gasteiger partial charge in [-0.25, -0.2) is 0 Å². The monoisotopic (exact) mass is 388 g/mol. The van der Waals surface area contributed by atoms with E-state index in [0.717, 1.165) is 18.6 Å². The van der Waals surface area contributed by atoms with Crippen molar-refractivity contribution in [1.82, 2.24) is 20.0 Å². The number of amides is 1. The van der Waals surface area contributed by atoms with E-state index in [0.29, 0.717) is 18.7 Å². The zero-order chi connectivity index (χ0) is 19.7. The van der Waals surface area contributed by atoms with Crippen molar-refractivity contribution in [2.75, 3.05) is 6.54 Å². The zero-order valence-corrected chi connectivity index (χ0v) is 14.6. The molecule has 0 aliphatic carbocycles. The van der Waals surface area contributed by atoms with Gasteiger partial charge in [-0.15, -0.1) is 0 Å². The van der Waals surface area contributed by atoms with Crippen molar-refractivity contribution >= 4 is 5.91 Å². The number of rotatable bonds is 3. The van der Waals surface area contributed by atoms with Gasteiger partial charge in [-0.1, -0.05) is 23.4 Å². The van der Waals surface area contributed by atoms with Crippen LogP contribution in [0.4, 0.5) is 13.2 Å². The first-order chi connectivity index (χ1) is 13.4. The maximum atomic E-state index is 12.9. The molecule has 0 bridgehead atoms. The second kappa shape index (κ2) is 7.06. The molecule has 1 amide bonds. The zero-order valence-electron chi connectivity index (χ0n) is 14.6. The second-order valence-electron chi connectivity index (χ2n) is 6.41. The minimum Gasteiger partial charge on any atom is -0.337 e. The van der Waals surface area contributed by atoms with Crippen molar-refractivity contribution in [3.05, 3.63) is 65.8 Å². The summed E-state index contributed by atoms with van der Waals surface area (Å²) in [6, 6.07) is 9.37.